The molecule has 3 heterocycles. The Labute approximate surface area is 234 Å². The fourth-order valence-corrected chi connectivity index (χ4v) is 5.41. The molecule has 0 aliphatic carbocycles. The van der Waals surface area contributed by atoms with Crippen LogP contribution in [0.3, 0.4) is 0 Å². The SMILES string of the molecule is Cc1cc(Nc2ccc(CN(c3ncc4cc(F)ccc4n3)C3CCN(Cc4ccccc4)CC3)cc2)ccn1. The van der Waals surface area contributed by atoms with E-state index in [0.717, 1.165) is 55.1 Å². The fourth-order valence-electron chi connectivity index (χ4n) is 5.41. The largest absolute Gasteiger partial charge is 0.355 e. The lowest BCUT2D eigenvalue weighted by Gasteiger charge is -2.38. The number of piperidine rings is 1. The molecule has 5 aromatic rings. The van der Waals surface area contributed by atoms with Crippen LogP contribution < -0.4 is 10.2 Å². The van der Waals surface area contributed by atoms with Gasteiger partial charge in [0.1, 0.15) is 5.82 Å². The molecule has 6 nitrogen and oxygen atoms in total. The summed E-state index contributed by atoms with van der Waals surface area (Å²) in [6, 6.07) is 28.2. The smallest absolute Gasteiger partial charge is 0.226 e. The number of halogens is 1. The third kappa shape index (κ3) is 6.26. The number of fused-ring (bicyclic) bond motifs is 1. The predicted octanol–water partition coefficient (Wildman–Crippen LogP) is 6.89. The van der Waals surface area contributed by atoms with Gasteiger partial charge in [-0.25, -0.2) is 14.4 Å². The van der Waals surface area contributed by atoms with Crippen molar-refractivity contribution in [3.63, 3.8) is 0 Å². The third-order valence-corrected chi connectivity index (χ3v) is 7.53. The van der Waals surface area contributed by atoms with Crippen molar-refractivity contribution in [2.24, 2.45) is 0 Å². The van der Waals surface area contributed by atoms with E-state index in [2.05, 4.69) is 74.7 Å². The highest BCUT2D eigenvalue weighted by Gasteiger charge is 2.27. The van der Waals surface area contributed by atoms with E-state index in [1.54, 1.807) is 12.3 Å². The third-order valence-electron chi connectivity index (χ3n) is 7.53. The fraction of sp³-hybridized carbons (Fsp3) is 0.242. The highest BCUT2D eigenvalue weighted by Crippen LogP contribution is 2.27. The van der Waals surface area contributed by atoms with Crippen LogP contribution in [0.1, 0.15) is 29.7 Å². The summed E-state index contributed by atoms with van der Waals surface area (Å²) >= 11 is 0. The molecular weight excluding hydrogens is 499 g/mol. The van der Waals surface area contributed by atoms with Crippen molar-refractivity contribution in [3.05, 3.63) is 120 Å². The number of pyridine rings is 1. The van der Waals surface area contributed by atoms with E-state index < -0.39 is 0 Å². The molecule has 40 heavy (non-hydrogen) atoms. The second-order valence-corrected chi connectivity index (χ2v) is 10.5. The first kappa shape index (κ1) is 25.9. The normalized spacial score (nSPS) is 14.3. The molecule has 1 N–H and O–H groups in total. The highest BCUT2D eigenvalue weighted by atomic mass is 19.1. The summed E-state index contributed by atoms with van der Waals surface area (Å²) in [5.41, 5.74) is 6.31. The van der Waals surface area contributed by atoms with E-state index in [1.165, 1.54) is 23.3 Å². The van der Waals surface area contributed by atoms with Gasteiger partial charge in [-0.05, 0) is 73.4 Å². The van der Waals surface area contributed by atoms with Crippen molar-refractivity contribution in [2.75, 3.05) is 23.3 Å². The minimum atomic E-state index is -0.276. The van der Waals surface area contributed by atoms with E-state index in [0.29, 0.717) is 23.9 Å². The zero-order chi connectivity index (χ0) is 27.3. The van der Waals surface area contributed by atoms with Gasteiger partial charge in [0.05, 0.1) is 5.52 Å². The minimum Gasteiger partial charge on any atom is -0.355 e. The monoisotopic (exact) mass is 532 g/mol. The molecule has 0 atom stereocenters. The maximum atomic E-state index is 13.8. The van der Waals surface area contributed by atoms with Crippen LogP contribution >= 0.6 is 0 Å². The van der Waals surface area contributed by atoms with Gasteiger partial charge in [-0.3, -0.25) is 9.88 Å². The van der Waals surface area contributed by atoms with Gasteiger partial charge in [0, 0.05) is 67.1 Å². The Morgan fingerprint density at radius 3 is 2.45 bits per heavy atom. The molecule has 0 spiro atoms. The number of anilines is 3. The van der Waals surface area contributed by atoms with Crippen molar-refractivity contribution in [1.29, 1.82) is 0 Å². The van der Waals surface area contributed by atoms with Crippen LogP contribution in [0.4, 0.5) is 21.7 Å². The average molecular weight is 533 g/mol. The lowest BCUT2D eigenvalue weighted by molar-refractivity contribution is 0.200. The van der Waals surface area contributed by atoms with Gasteiger partial charge < -0.3 is 10.2 Å². The van der Waals surface area contributed by atoms with Crippen LogP contribution in [-0.2, 0) is 13.1 Å². The van der Waals surface area contributed by atoms with E-state index in [1.807, 2.05) is 25.3 Å². The predicted molar refractivity (Wildman–Crippen MR) is 159 cm³/mol. The topological polar surface area (TPSA) is 57.2 Å². The number of hydrogen-bond acceptors (Lipinski definition) is 6. The number of aromatic nitrogens is 3. The molecule has 0 saturated carbocycles. The van der Waals surface area contributed by atoms with Gasteiger partial charge in [-0.2, -0.15) is 0 Å². The van der Waals surface area contributed by atoms with Crippen LogP contribution in [0.2, 0.25) is 0 Å². The summed E-state index contributed by atoms with van der Waals surface area (Å²) in [5.74, 6) is 0.414. The van der Waals surface area contributed by atoms with E-state index >= 15 is 0 Å². The number of nitrogens with one attached hydrogen (secondary N) is 1. The van der Waals surface area contributed by atoms with Gasteiger partial charge in [0.2, 0.25) is 5.95 Å². The Bertz CT molecular complexity index is 1570. The Balaban J connectivity index is 1.21. The highest BCUT2D eigenvalue weighted by molar-refractivity contribution is 5.78. The molecule has 1 saturated heterocycles. The molecule has 1 aliphatic rings. The molecule has 0 bridgehead atoms. The van der Waals surface area contributed by atoms with Crippen LogP contribution in [0.5, 0.6) is 0 Å². The van der Waals surface area contributed by atoms with E-state index in [-0.39, 0.29) is 5.82 Å². The number of rotatable bonds is 8. The lowest BCUT2D eigenvalue weighted by atomic mass is 10.0. The van der Waals surface area contributed by atoms with Crippen molar-refractivity contribution in [1.82, 2.24) is 19.9 Å². The van der Waals surface area contributed by atoms with Crippen molar-refractivity contribution < 1.29 is 4.39 Å². The minimum absolute atomic E-state index is 0.276. The summed E-state index contributed by atoms with van der Waals surface area (Å²) in [5, 5.41) is 4.17. The molecule has 3 aromatic carbocycles. The summed E-state index contributed by atoms with van der Waals surface area (Å²) in [6.07, 6.45) is 5.60. The molecule has 0 radical (unpaired) electrons. The molecular formula is C33H33FN6. The molecule has 1 aliphatic heterocycles. The van der Waals surface area contributed by atoms with Gasteiger partial charge in [-0.15, -0.1) is 0 Å². The summed E-state index contributed by atoms with van der Waals surface area (Å²) < 4.78 is 13.8. The summed E-state index contributed by atoms with van der Waals surface area (Å²) in [7, 11) is 0. The van der Waals surface area contributed by atoms with Gasteiger partial charge in [0.15, 0.2) is 0 Å². The number of nitrogens with zero attached hydrogens (tertiary/aromatic N) is 5. The van der Waals surface area contributed by atoms with Crippen molar-refractivity contribution >= 4 is 28.2 Å². The van der Waals surface area contributed by atoms with E-state index in [4.69, 9.17) is 9.97 Å². The zero-order valence-electron chi connectivity index (χ0n) is 22.7. The lowest BCUT2D eigenvalue weighted by Crippen LogP contribution is -2.45. The number of likely N-dealkylation sites (tertiary alicyclic amines) is 1. The zero-order valence-corrected chi connectivity index (χ0v) is 22.7. The molecule has 0 amide bonds. The second-order valence-electron chi connectivity index (χ2n) is 10.5. The summed E-state index contributed by atoms with van der Waals surface area (Å²) in [6.45, 7) is 5.69. The van der Waals surface area contributed by atoms with Crippen LogP contribution in [0.25, 0.3) is 10.9 Å². The molecule has 1 fully saturated rings. The van der Waals surface area contributed by atoms with Crippen LogP contribution in [0, 0.1) is 12.7 Å². The Hall–Kier alpha value is -4.36. The first-order chi connectivity index (χ1) is 19.6. The molecule has 7 heteroatoms. The van der Waals surface area contributed by atoms with Crippen molar-refractivity contribution in [2.45, 2.75) is 38.9 Å². The van der Waals surface area contributed by atoms with Crippen LogP contribution in [-0.4, -0.2) is 39.0 Å². The Morgan fingerprint density at radius 2 is 1.68 bits per heavy atom. The number of hydrogen-bond donors (Lipinski definition) is 1. The molecule has 6 rings (SSSR count). The quantitative estimate of drug-likeness (QED) is 0.235. The average Bonchev–Trinajstić information content (AvgIpc) is 2.98. The van der Waals surface area contributed by atoms with E-state index in [9.17, 15) is 4.39 Å². The number of benzene rings is 3. The first-order valence-electron chi connectivity index (χ1n) is 13.8. The summed E-state index contributed by atoms with van der Waals surface area (Å²) in [4.78, 5) is 18.7. The maximum absolute atomic E-state index is 13.8. The molecule has 0 unspecified atom stereocenters. The maximum Gasteiger partial charge on any atom is 0.226 e. The van der Waals surface area contributed by atoms with Gasteiger partial charge in [0.25, 0.3) is 0 Å². The first-order valence-corrected chi connectivity index (χ1v) is 13.8. The second kappa shape index (κ2) is 11.8. The van der Waals surface area contributed by atoms with Crippen LogP contribution in [0.15, 0.2) is 97.3 Å². The molecule has 2 aromatic heterocycles. The van der Waals surface area contributed by atoms with Gasteiger partial charge in [-0.1, -0.05) is 42.5 Å². The Morgan fingerprint density at radius 1 is 0.875 bits per heavy atom. The Kier molecular flexibility index (Phi) is 7.64. The van der Waals surface area contributed by atoms with Crippen molar-refractivity contribution in [3.8, 4) is 0 Å². The standard InChI is InChI=1S/C33H33FN6/c1-24-19-30(13-16-35-24)37-29-10-7-26(8-11-29)23-40(33-36-21-27-20-28(34)9-12-32(27)38-33)31-14-17-39(18-15-31)22-25-5-3-2-4-6-25/h2-13,16,19-21,31H,14-15,17-18,22-23H2,1H3,(H,35,37). The number of aryl methyl sites for hydroxylation is 1. The van der Waals surface area contributed by atoms with Gasteiger partial charge >= 0.3 is 0 Å². The molecule has 202 valence electrons.